The maximum absolute atomic E-state index is 13.7. The zero-order valence-electron chi connectivity index (χ0n) is 15.0. The number of hydrogen-bond donors (Lipinski definition) is 0. The van der Waals surface area contributed by atoms with Crippen molar-refractivity contribution in [1.82, 2.24) is 0 Å². The zero-order valence-corrected chi connectivity index (χ0v) is 15.0. The third-order valence-electron chi connectivity index (χ3n) is 4.79. The number of halogens is 4. The topological polar surface area (TPSA) is 17.1 Å². The largest absolute Gasteiger partial charge is 0.416 e. The van der Waals surface area contributed by atoms with Gasteiger partial charge in [-0.2, -0.15) is 13.2 Å². The van der Waals surface area contributed by atoms with Crippen molar-refractivity contribution < 1.29 is 22.4 Å². The van der Waals surface area contributed by atoms with E-state index in [1.807, 2.05) is 13.0 Å². The van der Waals surface area contributed by atoms with E-state index < -0.39 is 23.3 Å². The normalized spacial score (nSPS) is 20.6. The van der Waals surface area contributed by atoms with E-state index in [9.17, 15) is 22.4 Å². The summed E-state index contributed by atoms with van der Waals surface area (Å²) in [6.45, 7) is 6.29. The molecule has 1 nitrogen and oxygen atoms in total. The average molecular weight is 366 g/mol. The molecule has 1 aliphatic carbocycles. The van der Waals surface area contributed by atoms with Gasteiger partial charge in [0.25, 0.3) is 0 Å². The van der Waals surface area contributed by atoms with E-state index in [2.05, 4.69) is 19.9 Å². The fraction of sp³-hybridized carbons (Fsp3) is 0.381. The van der Waals surface area contributed by atoms with E-state index in [0.717, 1.165) is 31.1 Å². The number of alkyl halides is 3. The van der Waals surface area contributed by atoms with Crippen LogP contribution >= 0.6 is 0 Å². The zero-order chi connectivity index (χ0) is 19.5. The number of rotatable bonds is 4. The number of ketones is 1. The molecule has 0 aliphatic heterocycles. The molecule has 1 aromatic carbocycles. The SMILES string of the molecule is CC1=CCCC(C)(C)C1/C=C/C(=O)/C=C/c1cc(C(F)(F)F)ccc1F. The highest BCUT2D eigenvalue weighted by molar-refractivity contribution is 6.02. The first-order chi connectivity index (χ1) is 12.0. The van der Waals surface area contributed by atoms with E-state index in [1.165, 1.54) is 11.6 Å². The summed E-state index contributed by atoms with van der Waals surface area (Å²) in [5, 5.41) is 0. The van der Waals surface area contributed by atoms with Crippen LogP contribution in [-0.2, 0) is 11.0 Å². The smallest absolute Gasteiger partial charge is 0.290 e. The van der Waals surface area contributed by atoms with Gasteiger partial charge < -0.3 is 0 Å². The summed E-state index contributed by atoms with van der Waals surface area (Å²) >= 11 is 0. The molecule has 1 aromatic rings. The monoisotopic (exact) mass is 366 g/mol. The van der Waals surface area contributed by atoms with Crippen molar-refractivity contribution in [3.63, 3.8) is 0 Å². The second kappa shape index (κ2) is 7.60. The number of benzene rings is 1. The molecule has 0 N–H and O–H groups in total. The van der Waals surface area contributed by atoms with Crippen LogP contribution in [0.2, 0.25) is 0 Å². The Labute approximate surface area is 151 Å². The van der Waals surface area contributed by atoms with Gasteiger partial charge in [0, 0.05) is 11.5 Å². The Hall–Kier alpha value is -2.17. The molecule has 1 aliphatic rings. The lowest BCUT2D eigenvalue weighted by Crippen LogP contribution is -2.26. The Morgan fingerprint density at radius 1 is 1.23 bits per heavy atom. The average Bonchev–Trinajstić information content (AvgIpc) is 2.51. The fourth-order valence-corrected chi connectivity index (χ4v) is 3.25. The summed E-state index contributed by atoms with van der Waals surface area (Å²) in [7, 11) is 0. The molecule has 0 radical (unpaired) electrons. The van der Waals surface area contributed by atoms with Gasteiger partial charge in [0.1, 0.15) is 5.82 Å². The summed E-state index contributed by atoms with van der Waals surface area (Å²) in [5.74, 6) is -1.08. The molecule has 5 heteroatoms. The minimum atomic E-state index is -4.56. The maximum Gasteiger partial charge on any atom is 0.416 e. The van der Waals surface area contributed by atoms with Gasteiger partial charge >= 0.3 is 6.18 Å². The van der Waals surface area contributed by atoms with Gasteiger partial charge in [-0.15, -0.1) is 0 Å². The second-order valence-electron chi connectivity index (χ2n) is 7.28. The highest BCUT2D eigenvalue weighted by Crippen LogP contribution is 2.41. The predicted octanol–water partition coefficient (Wildman–Crippen LogP) is 6.37. The first kappa shape index (κ1) is 20.1. The summed E-state index contributed by atoms with van der Waals surface area (Å²) < 4.78 is 51.8. The van der Waals surface area contributed by atoms with Gasteiger partial charge in [0.2, 0.25) is 0 Å². The van der Waals surface area contributed by atoms with Crippen LogP contribution in [-0.4, -0.2) is 5.78 Å². The van der Waals surface area contributed by atoms with Crippen LogP contribution < -0.4 is 0 Å². The van der Waals surface area contributed by atoms with E-state index in [-0.39, 0.29) is 16.9 Å². The van der Waals surface area contributed by atoms with E-state index >= 15 is 0 Å². The van der Waals surface area contributed by atoms with Gasteiger partial charge in [0.05, 0.1) is 5.56 Å². The fourth-order valence-electron chi connectivity index (χ4n) is 3.25. The molecule has 0 spiro atoms. The van der Waals surface area contributed by atoms with E-state index in [1.54, 1.807) is 0 Å². The van der Waals surface area contributed by atoms with Gasteiger partial charge in [0.15, 0.2) is 5.78 Å². The molecule has 0 amide bonds. The number of hydrogen-bond acceptors (Lipinski definition) is 1. The Bertz CT molecular complexity index is 767. The molecule has 1 atom stereocenters. The molecule has 0 saturated heterocycles. The minimum absolute atomic E-state index is 0.0342. The maximum atomic E-state index is 13.7. The van der Waals surface area contributed by atoms with Crippen molar-refractivity contribution in [2.45, 2.75) is 39.8 Å². The Morgan fingerprint density at radius 2 is 1.92 bits per heavy atom. The van der Waals surface area contributed by atoms with Crippen molar-refractivity contribution >= 4 is 11.9 Å². The van der Waals surface area contributed by atoms with Crippen LogP contribution in [0.4, 0.5) is 17.6 Å². The molecule has 140 valence electrons. The minimum Gasteiger partial charge on any atom is -0.290 e. The van der Waals surface area contributed by atoms with Gasteiger partial charge in [-0.1, -0.05) is 31.6 Å². The molecule has 0 saturated carbocycles. The number of carbonyl (C=O) groups excluding carboxylic acids is 1. The van der Waals surface area contributed by atoms with Gasteiger partial charge in [-0.3, -0.25) is 4.79 Å². The van der Waals surface area contributed by atoms with E-state index in [0.29, 0.717) is 12.1 Å². The van der Waals surface area contributed by atoms with Crippen molar-refractivity contribution in [2.24, 2.45) is 11.3 Å². The van der Waals surface area contributed by atoms with Crippen molar-refractivity contribution in [2.75, 3.05) is 0 Å². The molecule has 0 heterocycles. The van der Waals surface area contributed by atoms with Crippen molar-refractivity contribution in [1.29, 1.82) is 0 Å². The summed E-state index contributed by atoms with van der Waals surface area (Å²) in [4.78, 5) is 12.0. The lowest BCUT2D eigenvalue weighted by Gasteiger charge is -2.36. The Kier molecular flexibility index (Phi) is 5.89. The number of allylic oxidation sites excluding steroid dienone is 5. The highest BCUT2D eigenvalue weighted by atomic mass is 19.4. The van der Waals surface area contributed by atoms with Crippen LogP contribution in [0.25, 0.3) is 6.08 Å². The molecule has 0 aromatic heterocycles. The first-order valence-corrected chi connectivity index (χ1v) is 8.44. The van der Waals surface area contributed by atoms with Crippen LogP contribution in [0.1, 0.15) is 44.7 Å². The quantitative estimate of drug-likeness (QED) is 0.344. The summed E-state index contributed by atoms with van der Waals surface area (Å²) in [6, 6.07) is 2.12. The highest BCUT2D eigenvalue weighted by Gasteiger charge is 2.31. The number of carbonyl (C=O) groups is 1. The van der Waals surface area contributed by atoms with Gasteiger partial charge in [-0.05, 0) is 61.6 Å². The van der Waals surface area contributed by atoms with Crippen molar-refractivity contribution in [3.05, 3.63) is 65.0 Å². The summed E-state index contributed by atoms with van der Waals surface area (Å²) in [5.41, 5.74) is 0.00652. The predicted molar refractivity (Wildman–Crippen MR) is 94.8 cm³/mol. The van der Waals surface area contributed by atoms with E-state index in [4.69, 9.17) is 0 Å². The van der Waals surface area contributed by atoms with Crippen molar-refractivity contribution in [3.8, 4) is 0 Å². The second-order valence-corrected chi connectivity index (χ2v) is 7.28. The Balaban J connectivity index is 2.15. The molecule has 0 bridgehead atoms. The van der Waals surface area contributed by atoms with Crippen LogP contribution in [0, 0.1) is 17.2 Å². The Morgan fingerprint density at radius 3 is 2.54 bits per heavy atom. The molecule has 2 rings (SSSR count). The van der Waals surface area contributed by atoms with Crippen LogP contribution in [0.3, 0.4) is 0 Å². The third kappa shape index (κ3) is 4.93. The third-order valence-corrected chi connectivity index (χ3v) is 4.79. The lowest BCUT2D eigenvalue weighted by atomic mass is 9.68. The summed E-state index contributed by atoms with van der Waals surface area (Å²) in [6.07, 6.45) is 4.99. The van der Waals surface area contributed by atoms with Crippen LogP contribution in [0.15, 0.2) is 48.1 Å². The standard InChI is InChI=1S/C21H22F4O/c1-14-5-4-12-20(2,3)18(14)10-9-17(26)8-6-15-13-16(21(23,24)25)7-11-19(15)22/h5-11,13,18H,4,12H2,1-3H3/b8-6+,10-9+. The molecular weight excluding hydrogens is 344 g/mol. The molecule has 26 heavy (non-hydrogen) atoms. The van der Waals surface area contributed by atoms with Gasteiger partial charge in [-0.25, -0.2) is 4.39 Å². The first-order valence-electron chi connectivity index (χ1n) is 8.44. The lowest BCUT2D eigenvalue weighted by molar-refractivity contribution is -0.137. The molecule has 0 fully saturated rings. The molecular formula is C21H22F4O. The van der Waals surface area contributed by atoms with Crippen LogP contribution in [0.5, 0.6) is 0 Å². The molecule has 1 unspecified atom stereocenters.